The number of aliphatic hydroxyl groups is 1. The molecule has 2 rings (SSSR count). The zero-order valence-electron chi connectivity index (χ0n) is 11.2. The second kappa shape index (κ2) is 6.17. The summed E-state index contributed by atoms with van der Waals surface area (Å²) in [4.78, 5) is 2.44. The lowest BCUT2D eigenvalue weighted by Crippen LogP contribution is -2.35. The summed E-state index contributed by atoms with van der Waals surface area (Å²) in [5, 5.41) is 9.10. The third-order valence-electron chi connectivity index (χ3n) is 4.67. The number of β-amino-alcohol motifs (C(OH)–C–C–N with tert-alkyl or cyclic N) is 1. The van der Waals surface area contributed by atoms with Gasteiger partial charge in [-0.25, -0.2) is 0 Å². The zero-order valence-corrected chi connectivity index (χ0v) is 11.2. The fourth-order valence-electron chi connectivity index (χ4n) is 3.77. The molecule has 1 aliphatic carbocycles. The summed E-state index contributed by atoms with van der Waals surface area (Å²) in [5.74, 6) is 0.689. The van der Waals surface area contributed by atoms with Crippen molar-refractivity contribution >= 4 is 0 Å². The van der Waals surface area contributed by atoms with Gasteiger partial charge in [-0.3, -0.25) is 0 Å². The Morgan fingerprint density at radius 1 is 1.29 bits per heavy atom. The Labute approximate surface area is 105 Å². The molecular formula is C14H27NO2. The Bertz CT molecular complexity index is 226. The topological polar surface area (TPSA) is 32.7 Å². The minimum Gasteiger partial charge on any atom is -0.395 e. The minimum atomic E-state index is 0.289. The van der Waals surface area contributed by atoms with Crippen LogP contribution in [0, 0.1) is 11.3 Å². The van der Waals surface area contributed by atoms with Crippen molar-refractivity contribution in [2.24, 2.45) is 11.3 Å². The van der Waals surface area contributed by atoms with Crippen LogP contribution < -0.4 is 0 Å². The second-order valence-electron chi connectivity index (χ2n) is 5.74. The van der Waals surface area contributed by atoms with Crippen LogP contribution in [0.2, 0.25) is 0 Å². The second-order valence-corrected chi connectivity index (χ2v) is 5.74. The molecule has 0 aromatic carbocycles. The van der Waals surface area contributed by atoms with Gasteiger partial charge >= 0.3 is 0 Å². The Morgan fingerprint density at radius 2 is 2.06 bits per heavy atom. The van der Waals surface area contributed by atoms with Crippen LogP contribution in [0.3, 0.4) is 0 Å². The molecule has 3 heteroatoms. The summed E-state index contributed by atoms with van der Waals surface area (Å²) >= 11 is 0. The third-order valence-corrected chi connectivity index (χ3v) is 4.67. The third kappa shape index (κ3) is 3.01. The van der Waals surface area contributed by atoms with E-state index < -0.39 is 0 Å². The highest BCUT2D eigenvalue weighted by atomic mass is 16.5. The molecular weight excluding hydrogens is 214 g/mol. The molecule has 1 atom stereocenters. The van der Waals surface area contributed by atoms with Gasteiger partial charge in [-0.05, 0) is 25.2 Å². The molecule has 1 saturated carbocycles. The summed E-state index contributed by atoms with van der Waals surface area (Å²) in [6, 6.07) is 0. The van der Waals surface area contributed by atoms with Crippen molar-refractivity contribution in [1.82, 2.24) is 4.90 Å². The van der Waals surface area contributed by atoms with Crippen molar-refractivity contribution in [3.05, 3.63) is 0 Å². The SMILES string of the molecule is CCOC[C@@H]1CN(CCO)CC12CCCCC2. The van der Waals surface area contributed by atoms with E-state index in [0.717, 1.165) is 26.3 Å². The molecule has 2 aliphatic rings. The van der Waals surface area contributed by atoms with E-state index in [0.29, 0.717) is 11.3 Å². The standard InChI is InChI=1S/C14H27NO2/c1-2-17-11-13-10-15(8-9-16)12-14(13)6-4-3-5-7-14/h13,16H,2-12H2,1H3/t13-/m0/s1. The first-order valence-electron chi connectivity index (χ1n) is 7.22. The first kappa shape index (κ1) is 13.3. The molecule has 1 N–H and O–H groups in total. The van der Waals surface area contributed by atoms with Gasteiger partial charge in [-0.15, -0.1) is 0 Å². The number of likely N-dealkylation sites (tertiary alicyclic amines) is 1. The van der Waals surface area contributed by atoms with Crippen LogP contribution in [0.1, 0.15) is 39.0 Å². The number of rotatable bonds is 5. The predicted octanol–water partition coefficient (Wildman–Crippen LogP) is 1.90. The van der Waals surface area contributed by atoms with Crippen LogP contribution in [-0.4, -0.2) is 49.5 Å². The quantitative estimate of drug-likeness (QED) is 0.798. The molecule has 1 aliphatic heterocycles. The normalized spacial score (nSPS) is 28.9. The first-order valence-corrected chi connectivity index (χ1v) is 7.22. The summed E-state index contributed by atoms with van der Waals surface area (Å²) in [7, 11) is 0. The van der Waals surface area contributed by atoms with Gasteiger partial charge in [0.2, 0.25) is 0 Å². The Morgan fingerprint density at radius 3 is 2.71 bits per heavy atom. The maximum atomic E-state index is 9.10. The zero-order chi connectivity index (χ0) is 12.1. The highest BCUT2D eigenvalue weighted by Crippen LogP contribution is 2.47. The van der Waals surface area contributed by atoms with E-state index in [4.69, 9.17) is 9.84 Å². The van der Waals surface area contributed by atoms with Gasteiger partial charge in [0.25, 0.3) is 0 Å². The average molecular weight is 241 g/mol. The van der Waals surface area contributed by atoms with Crippen molar-refractivity contribution in [1.29, 1.82) is 0 Å². The van der Waals surface area contributed by atoms with Gasteiger partial charge in [-0.2, -0.15) is 0 Å². The van der Waals surface area contributed by atoms with Crippen LogP contribution in [0.5, 0.6) is 0 Å². The van der Waals surface area contributed by atoms with Crippen molar-refractivity contribution in [2.75, 3.05) is 39.5 Å². The van der Waals surface area contributed by atoms with Crippen LogP contribution in [-0.2, 0) is 4.74 Å². The first-order chi connectivity index (χ1) is 8.30. The number of nitrogens with zero attached hydrogens (tertiary/aromatic N) is 1. The largest absolute Gasteiger partial charge is 0.395 e. The van der Waals surface area contributed by atoms with Crippen LogP contribution in [0.4, 0.5) is 0 Å². The van der Waals surface area contributed by atoms with Crippen LogP contribution in [0.15, 0.2) is 0 Å². The lowest BCUT2D eigenvalue weighted by molar-refractivity contribution is 0.0467. The van der Waals surface area contributed by atoms with Gasteiger partial charge in [0.1, 0.15) is 0 Å². The molecule has 0 aromatic rings. The van der Waals surface area contributed by atoms with Gasteiger partial charge in [-0.1, -0.05) is 19.3 Å². The molecule has 1 spiro atoms. The Balaban J connectivity index is 1.98. The van der Waals surface area contributed by atoms with Gasteiger partial charge in [0.05, 0.1) is 13.2 Å². The predicted molar refractivity (Wildman–Crippen MR) is 69.0 cm³/mol. The molecule has 0 aromatic heterocycles. The molecule has 0 amide bonds. The number of aliphatic hydroxyl groups excluding tert-OH is 1. The molecule has 0 unspecified atom stereocenters. The summed E-state index contributed by atoms with van der Waals surface area (Å²) in [6.45, 7) is 7.26. The molecule has 0 radical (unpaired) electrons. The molecule has 1 heterocycles. The fourth-order valence-corrected chi connectivity index (χ4v) is 3.77. The number of hydrogen-bond acceptors (Lipinski definition) is 3. The van der Waals surface area contributed by atoms with E-state index in [1.807, 2.05) is 0 Å². The lowest BCUT2D eigenvalue weighted by Gasteiger charge is -2.38. The Kier molecular flexibility index (Phi) is 4.83. The summed E-state index contributed by atoms with van der Waals surface area (Å²) < 4.78 is 5.68. The Hall–Kier alpha value is -0.120. The molecule has 3 nitrogen and oxygen atoms in total. The monoisotopic (exact) mass is 241 g/mol. The van der Waals surface area contributed by atoms with Gasteiger partial charge in [0.15, 0.2) is 0 Å². The van der Waals surface area contributed by atoms with E-state index in [1.54, 1.807) is 0 Å². The van der Waals surface area contributed by atoms with E-state index in [-0.39, 0.29) is 6.61 Å². The maximum absolute atomic E-state index is 9.10. The minimum absolute atomic E-state index is 0.289. The van der Waals surface area contributed by atoms with E-state index >= 15 is 0 Å². The smallest absolute Gasteiger partial charge is 0.0558 e. The highest BCUT2D eigenvalue weighted by molar-refractivity contribution is 4.97. The highest BCUT2D eigenvalue weighted by Gasteiger charge is 2.46. The van der Waals surface area contributed by atoms with Crippen molar-refractivity contribution < 1.29 is 9.84 Å². The lowest BCUT2D eigenvalue weighted by atomic mass is 9.68. The van der Waals surface area contributed by atoms with Crippen molar-refractivity contribution in [3.63, 3.8) is 0 Å². The van der Waals surface area contributed by atoms with Crippen molar-refractivity contribution in [2.45, 2.75) is 39.0 Å². The summed E-state index contributed by atoms with van der Waals surface area (Å²) in [5.41, 5.74) is 0.503. The summed E-state index contributed by atoms with van der Waals surface area (Å²) in [6.07, 6.45) is 6.91. The van der Waals surface area contributed by atoms with Gasteiger partial charge < -0.3 is 14.7 Å². The van der Waals surface area contributed by atoms with Gasteiger partial charge in [0, 0.05) is 32.2 Å². The molecule has 17 heavy (non-hydrogen) atoms. The van der Waals surface area contributed by atoms with Crippen LogP contribution >= 0.6 is 0 Å². The van der Waals surface area contributed by atoms with Crippen LogP contribution in [0.25, 0.3) is 0 Å². The molecule has 0 bridgehead atoms. The number of hydrogen-bond donors (Lipinski definition) is 1. The fraction of sp³-hybridized carbons (Fsp3) is 1.00. The molecule has 100 valence electrons. The van der Waals surface area contributed by atoms with E-state index in [9.17, 15) is 0 Å². The van der Waals surface area contributed by atoms with Crippen molar-refractivity contribution in [3.8, 4) is 0 Å². The van der Waals surface area contributed by atoms with E-state index in [1.165, 1.54) is 38.6 Å². The average Bonchev–Trinajstić information content (AvgIpc) is 2.66. The maximum Gasteiger partial charge on any atom is 0.0558 e. The molecule has 2 fully saturated rings. The molecule has 1 saturated heterocycles. The number of ether oxygens (including phenoxy) is 1. The van der Waals surface area contributed by atoms with E-state index in [2.05, 4.69) is 11.8 Å².